The van der Waals surface area contributed by atoms with Gasteiger partial charge in [-0.05, 0) is 38.3 Å². The Morgan fingerprint density at radius 3 is 2.63 bits per heavy atom. The maximum Gasteiger partial charge on any atom is 0.360 e. The van der Waals surface area contributed by atoms with Crippen molar-refractivity contribution in [3.8, 4) is 11.3 Å². The van der Waals surface area contributed by atoms with Crippen LogP contribution in [0.15, 0.2) is 57.7 Å². The molecule has 3 aromatic rings. The standard InChI is InChI=1S/C24H25NO4.ClH/c1-3-18-12-7-8-15-25(18)29-24(27)20-14-9-13-19-21(26)16(2)22(28-23(19)20)17-10-5-4-6-11-17;/h4-6,9-11,13-14,18H,3,7-8,12,15H2,1-2H3;1H. The molecule has 1 aliphatic rings. The van der Waals surface area contributed by atoms with Gasteiger partial charge in [0.2, 0.25) is 0 Å². The summed E-state index contributed by atoms with van der Waals surface area (Å²) in [5.74, 6) is -0.00489. The number of fused-ring (bicyclic) bond motifs is 1. The highest BCUT2D eigenvalue weighted by Gasteiger charge is 2.27. The average Bonchev–Trinajstić information content (AvgIpc) is 2.76. The molecule has 1 fully saturated rings. The molecule has 0 amide bonds. The average molecular weight is 428 g/mol. The molecular formula is C24H26ClNO4. The third-order valence-corrected chi connectivity index (χ3v) is 5.65. The summed E-state index contributed by atoms with van der Waals surface area (Å²) in [6, 6.07) is 14.7. The van der Waals surface area contributed by atoms with E-state index in [2.05, 4.69) is 6.92 Å². The molecule has 0 spiro atoms. The summed E-state index contributed by atoms with van der Waals surface area (Å²) < 4.78 is 6.13. The van der Waals surface area contributed by atoms with Gasteiger partial charge in [0.1, 0.15) is 11.3 Å². The first-order valence-electron chi connectivity index (χ1n) is 10.2. The Labute approximate surface area is 182 Å². The smallest absolute Gasteiger partial charge is 0.360 e. The van der Waals surface area contributed by atoms with Crippen LogP contribution < -0.4 is 5.43 Å². The van der Waals surface area contributed by atoms with E-state index in [1.807, 2.05) is 30.3 Å². The minimum Gasteiger partial charge on any atom is -0.455 e. The number of carbonyl (C=O) groups excluding carboxylic acids is 1. The first kappa shape index (κ1) is 22.1. The zero-order valence-electron chi connectivity index (χ0n) is 17.2. The van der Waals surface area contributed by atoms with Crippen LogP contribution in [0.25, 0.3) is 22.3 Å². The molecule has 0 bridgehead atoms. The predicted octanol–water partition coefficient (Wildman–Crippen LogP) is 5.53. The van der Waals surface area contributed by atoms with Crippen LogP contribution >= 0.6 is 12.4 Å². The number of piperidine rings is 1. The molecule has 0 aliphatic carbocycles. The van der Waals surface area contributed by atoms with Gasteiger partial charge in [0.25, 0.3) is 0 Å². The van der Waals surface area contributed by atoms with E-state index in [0.29, 0.717) is 16.7 Å². The number of para-hydroxylation sites is 1. The van der Waals surface area contributed by atoms with Gasteiger partial charge in [0.15, 0.2) is 11.0 Å². The van der Waals surface area contributed by atoms with Crippen molar-refractivity contribution in [2.24, 2.45) is 0 Å². The number of carbonyl (C=O) groups is 1. The topological polar surface area (TPSA) is 59.8 Å². The molecule has 2 heterocycles. The van der Waals surface area contributed by atoms with Gasteiger partial charge in [-0.2, -0.15) is 0 Å². The van der Waals surface area contributed by atoms with Gasteiger partial charge in [-0.15, -0.1) is 17.5 Å². The predicted molar refractivity (Wildman–Crippen MR) is 120 cm³/mol. The number of hydrogen-bond acceptors (Lipinski definition) is 5. The maximum atomic E-state index is 13.0. The third-order valence-electron chi connectivity index (χ3n) is 5.65. The third kappa shape index (κ3) is 4.13. The van der Waals surface area contributed by atoms with E-state index in [9.17, 15) is 9.59 Å². The molecule has 2 aromatic carbocycles. The molecule has 0 radical (unpaired) electrons. The number of hydroxylamine groups is 2. The molecule has 4 rings (SSSR count). The lowest BCUT2D eigenvalue weighted by molar-refractivity contribution is -0.151. The molecule has 1 saturated heterocycles. The molecule has 1 atom stereocenters. The summed E-state index contributed by atoms with van der Waals surface area (Å²) in [6.07, 6.45) is 4.10. The maximum absolute atomic E-state index is 13.0. The van der Waals surface area contributed by atoms with Crippen molar-refractivity contribution >= 4 is 29.3 Å². The van der Waals surface area contributed by atoms with Crippen LogP contribution in [0.1, 0.15) is 48.5 Å². The Morgan fingerprint density at radius 1 is 1.13 bits per heavy atom. The fourth-order valence-electron chi connectivity index (χ4n) is 3.99. The summed E-state index contributed by atoms with van der Waals surface area (Å²) in [5, 5.41) is 2.18. The monoisotopic (exact) mass is 427 g/mol. The SMILES string of the molecule is CCC1CCCCN1OC(=O)c1cccc2c(=O)c(C)c(-c3ccccc3)oc12.Cl. The minimum absolute atomic E-state index is 0. The molecule has 0 N–H and O–H groups in total. The van der Waals surface area contributed by atoms with E-state index in [1.54, 1.807) is 30.2 Å². The first-order chi connectivity index (χ1) is 14.1. The van der Waals surface area contributed by atoms with Crippen LogP contribution in [0.5, 0.6) is 0 Å². The number of hydrogen-bond donors (Lipinski definition) is 0. The summed E-state index contributed by atoms with van der Waals surface area (Å²) in [6.45, 7) is 4.58. The highest BCUT2D eigenvalue weighted by Crippen LogP contribution is 2.28. The van der Waals surface area contributed by atoms with Crippen molar-refractivity contribution in [3.63, 3.8) is 0 Å². The summed E-state index contributed by atoms with van der Waals surface area (Å²) in [4.78, 5) is 31.7. The lowest BCUT2D eigenvalue weighted by Crippen LogP contribution is -2.40. The molecule has 5 nitrogen and oxygen atoms in total. The van der Waals surface area contributed by atoms with E-state index in [0.717, 1.165) is 37.8 Å². The van der Waals surface area contributed by atoms with Crippen LogP contribution in [-0.2, 0) is 4.84 Å². The Morgan fingerprint density at radius 2 is 1.90 bits per heavy atom. The Balaban J connectivity index is 0.00000256. The van der Waals surface area contributed by atoms with Crippen LogP contribution in [-0.4, -0.2) is 23.6 Å². The van der Waals surface area contributed by atoms with Crippen molar-refractivity contribution in [1.29, 1.82) is 0 Å². The van der Waals surface area contributed by atoms with Crippen molar-refractivity contribution in [3.05, 3.63) is 69.9 Å². The zero-order valence-corrected chi connectivity index (χ0v) is 18.0. The second-order valence-electron chi connectivity index (χ2n) is 7.51. The second-order valence-corrected chi connectivity index (χ2v) is 7.51. The molecule has 6 heteroatoms. The van der Waals surface area contributed by atoms with Gasteiger partial charge < -0.3 is 9.25 Å². The van der Waals surface area contributed by atoms with Crippen molar-refractivity contribution in [2.45, 2.75) is 45.6 Å². The normalized spacial score (nSPS) is 16.8. The Hall–Kier alpha value is -2.63. The van der Waals surface area contributed by atoms with Gasteiger partial charge in [0, 0.05) is 23.7 Å². The quantitative estimate of drug-likeness (QED) is 0.548. The molecule has 1 unspecified atom stereocenters. The number of benzene rings is 2. The van der Waals surface area contributed by atoms with Crippen LogP contribution in [0.4, 0.5) is 0 Å². The highest BCUT2D eigenvalue weighted by atomic mass is 35.5. The summed E-state index contributed by atoms with van der Waals surface area (Å²) in [7, 11) is 0. The molecule has 30 heavy (non-hydrogen) atoms. The first-order valence-corrected chi connectivity index (χ1v) is 10.2. The number of nitrogens with zero attached hydrogens (tertiary/aromatic N) is 1. The summed E-state index contributed by atoms with van der Waals surface area (Å²) >= 11 is 0. The Kier molecular flexibility index (Phi) is 6.95. The van der Waals surface area contributed by atoms with Gasteiger partial charge >= 0.3 is 5.97 Å². The van der Waals surface area contributed by atoms with Crippen LogP contribution in [0.3, 0.4) is 0 Å². The van der Waals surface area contributed by atoms with E-state index >= 15 is 0 Å². The summed E-state index contributed by atoms with van der Waals surface area (Å²) in [5.41, 5.74) is 1.74. The minimum atomic E-state index is -0.484. The molecule has 158 valence electrons. The van der Waals surface area contributed by atoms with Gasteiger partial charge in [-0.25, -0.2) is 4.79 Å². The van der Waals surface area contributed by atoms with E-state index in [4.69, 9.17) is 9.25 Å². The van der Waals surface area contributed by atoms with Crippen molar-refractivity contribution < 1.29 is 14.0 Å². The zero-order chi connectivity index (χ0) is 20.4. The van der Waals surface area contributed by atoms with Crippen molar-refractivity contribution in [2.75, 3.05) is 6.54 Å². The molecule has 1 aliphatic heterocycles. The highest BCUT2D eigenvalue weighted by molar-refractivity contribution is 6.02. The van der Waals surface area contributed by atoms with Crippen LogP contribution in [0.2, 0.25) is 0 Å². The number of halogens is 1. The Bertz CT molecular complexity index is 1090. The molecule has 0 saturated carbocycles. The fourth-order valence-corrected chi connectivity index (χ4v) is 3.99. The fraction of sp³-hybridized carbons (Fsp3) is 0.333. The van der Waals surface area contributed by atoms with E-state index < -0.39 is 5.97 Å². The molecular weight excluding hydrogens is 402 g/mol. The molecule has 1 aromatic heterocycles. The van der Waals surface area contributed by atoms with Crippen molar-refractivity contribution in [1.82, 2.24) is 5.06 Å². The van der Waals surface area contributed by atoms with Crippen LogP contribution in [0, 0.1) is 6.92 Å². The van der Waals surface area contributed by atoms with E-state index in [1.165, 1.54) is 0 Å². The second kappa shape index (κ2) is 9.45. The lowest BCUT2D eigenvalue weighted by Gasteiger charge is -2.33. The van der Waals surface area contributed by atoms with Gasteiger partial charge in [-0.3, -0.25) is 4.79 Å². The lowest BCUT2D eigenvalue weighted by atomic mass is 10.0. The van der Waals surface area contributed by atoms with E-state index in [-0.39, 0.29) is 35.0 Å². The van der Waals surface area contributed by atoms with Gasteiger partial charge in [-0.1, -0.05) is 49.7 Å². The van der Waals surface area contributed by atoms with Gasteiger partial charge in [0.05, 0.1) is 5.39 Å². The largest absolute Gasteiger partial charge is 0.455 e. The number of rotatable bonds is 4.